The van der Waals surface area contributed by atoms with E-state index in [9.17, 15) is 23.2 Å². The van der Waals surface area contributed by atoms with E-state index in [4.69, 9.17) is 9.47 Å². The van der Waals surface area contributed by atoms with E-state index in [1.54, 1.807) is 7.11 Å². The minimum Gasteiger partial charge on any atom is -0.497 e. The summed E-state index contributed by atoms with van der Waals surface area (Å²) in [7, 11) is 1.64. The van der Waals surface area contributed by atoms with E-state index in [1.165, 1.54) is 11.1 Å². The van der Waals surface area contributed by atoms with Crippen LogP contribution >= 0.6 is 0 Å². The fraction of sp³-hybridized carbons (Fsp3) is 0.636. The zero-order chi connectivity index (χ0) is 21.0. The summed E-state index contributed by atoms with van der Waals surface area (Å²) >= 11 is 0. The van der Waals surface area contributed by atoms with Gasteiger partial charge in [-0.1, -0.05) is 13.0 Å². The van der Waals surface area contributed by atoms with Gasteiger partial charge in [-0.2, -0.15) is 18.4 Å². The minimum absolute atomic E-state index is 0.0529. The summed E-state index contributed by atoms with van der Waals surface area (Å²) in [5.74, 6) is -0.794. The Hall–Kier alpha value is -2.23. The van der Waals surface area contributed by atoms with Gasteiger partial charge in [-0.15, -0.1) is 0 Å². The zero-order valence-corrected chi connectivity index (χ0v) is 16.5. The first-order valence-electron chi connectivity index (χ1n) is 10.0. The second-order valence-electron chi connectivity index (χ2n) is 8.80. The number of hydrogen-bond donors (Lipinski definition) is 0. The highest BCUT2D eigenvalue weighted by atomic mass is 19.4. The Labute approximate surface area is 168 Å². The molecule has 5 atom stereocenters. The molecule has 4 nitrogen and oxygen atoms in total. The third kappa shape index (κ3) is 2.91. The summed E-state index contributed by atoms with van der Waals surface area (Å²) in [6, 6.07) is 8.11. The molecule has 0 aliphatic heterocycles. The molecule has 156 valence electrons. The van der Waals surface area contributed by atoms with Crippen molar-refractivity contribution < 1.29 is 27.4 Å². The lowest BCUT2D eigenvalue weighted by Gasteiger charge is -2.52. The molecule has 29 heavy (non-hydrogen) atoms. The van der Waals surface area contributed by atoms with Crippen molar-refractivity contribution in [1.29, 1.82) is 5.26 Å². The van der Waals surface area contributed by atoms with Crippen LogP contribution in [0.25, 0.3) is 0 Å². The topological polar surface area (TPSA) is 59.3 Å². The number of carbonyl (C=O) groups is 1. The Morgan fingerprint density at radius 2 is 2.00 bits per heavy atom. The fourth-order valence-corrected chi connectivity index (χ4v) is 6.27. The van der Waals surface area contributed by atoms with Gasteiger partial charge in [0.2, 0.25) is 5.60 Å². The lowest BCUT2D eigenvalue weighted by Crippen LogP contribution is -2.53. The maximum Gasteiger partial charge on any atom is 0.490 e. The van der Waals surface area contributed by atoms with Gasteiger partial charge >= 0.3 is 12.1 Å². The monoisotopic (exact) mass is 407 g/mol. The van der Waals surface area contributed by atoms with Gasteiger partial charge in [0.25, 0.3) is 0 Å². The predicted molar refractivity (Wildman–Crippen MR) is 98.1 cm³/mol. The maximum absolute atomic E-state index is 12.9. The highest BCUT2D eigenvalue weighted by Gasteiger charge is 2.66. The highest BCUT2D eigenvalue weighted by Crippen LogP contribution is 2.65. The van der Waals surface area contributed by atoms with E-state index in [-0.39, 0.29) is 18.3 Å². The number of methoxy groups -OCH3 is 1. The molecule has 0 heterocycles. The number of ether oxygens (including phenoxy) is 2. The minimum atomic E-state index is -5.10. The summed E-state index contributed by atoms with van der Waals surface area (Å²) in [5.41, 5.74) is 0.0662. The van der Waals surface area contributed by atoms with Crippen molar-refractivity contribution in [2.45, 2.75) is 63.1 Å². The summed E-state index contributed by atoms with van der Waals surface area (Å²) in [6.45, 7) is 1.84. The molecule has 1 unspecified atom stereocenters. The first kappa shape index (κ1) is 20.1. The first-order chi connectivity index (χ1) is 13.6. The molecular weight excluding hydrogens is 383 g/mol. The normalized spacial score (nSPS) is 35.7. The Balaban J connectivity index is 1.65. The molecule has 0 aromatic heterocycles. The van der Waals surface area contributed by atoms with Crippen molar-refractivity contribution in [3.05, 3.63) is 29.3 Å². The van der Waals surface area contributed by atoms with E-state index in [0.717, 1.165) is 25.0 Å². The van der Waals surface area contributed by atoms with Gasteiger partial charge < -0.3 is 9.47 Å². The molecule has 4 rings (SSSR count). The van der Waals surface area contributed by atoms with Crippen LogP contribution in [0.2, 0.25) is 0 Å². The Morgan fingerprint density at radius 3 is 2.66 bits per heavy atom. The van der Waals surface area contributed by atoms with Crippen molar-refractivity contribution in [2.75, 3.05) is 7.11 Å². The van der Waals surface area contributed by atoms with Crippen LogP contribution in [0.1, 0.15) is 56.1 Å². The Kier molecular flexibility index (Phi) is 4.60. The van der Waals surface area contributed by atoms with Crippen molar-refractivity contribution in [1.82, 2.24) is 0 Å². The molecular formula is C22H24F3NO3. The molecule has 3 aliphatic carbocycles. The van der Waals surface area contributed by atoms with Crippen LogP contribution in [-0.2, 0) is 16.0 Å². The van der Waals surface area contributed by atoms with Crippen LogP contribution in [0, 0.1) is 28.6 Å². The molecule has 0 N–H and O–H groups in total. The third-order valence-electron chi connectivity index (χ3n) is 7.73. The molecule has 2 fully saturated rings. The Bertz CT molecular complexity index is 877. The van der Waals surface area contributed by atoms with Gasteiger partial charge in [0.1, 0.15) is 11.8 Å². The van der Waals surface area contributed by atoms with E-state index in [2.05, 4.69) is 12.1 Å². The van der Waals surface area contributed by atoms with Gasteiger partial charge in [-0.3, -0.25) is 0 Å². The van der Waals surface area contributed by atoms with Crippen LogP contribution in [0.5, 0.6) is 5.75 Å². The number of carbonyl (C=O) groups excluding carboxylic acids is 1. The molecule has 0 amide bonds. The number of nitriles is 1. The summed E-state index contributed by atoms with van der Waals surface area (Å²) in [4.78, 5) is 11.6. The first-order valence-corrected chi connectivity index (χ1v) is 10.0. The van der Waals surface area contributed by atoms with Crippen molar-refractivity contribution in [2.24, 2.45) is 17.3 Å². The van der Waals surface area contributed by atoms with Crippen LogP contribution in [0.15, 0.2) is 18.2 Å². The second kappa shape index (κ2) is 6.65. The van der Waals surface area contributed by atoms with Crippen molar-refractivity contribution in [3.63, 3.8) is 0 Å². The van der Waals surface area contributed by atoms with Crippen LogP contribution in [0.4, 0.5) is 13.2 Å². The summed E-state index contributed by atoms with van der Waals surface area (Å²) in [6.07, 6.45) is -1.22. The number of esters is 1. The number of halogens is 3. The van der Waals surface area contributed by atoms with Crippen molar-refractivity contribution in [3.8, 4) is 11.8 Å². The predicted octanol–water partition coefficient (Wildman–Crippen LogP) is 4.92. The molecule has 1 aromatic rings. The van der Waals surface area contributed by atoms with Gasteiger partial charge in [-0.05, 0) is 73.1 Å². The number of benzene rings is 1. The van der Waals surface area contributed by atoms with Crippen LogP contribution < -0.4 is 4.74 Å². The lowest BCUT2D eigenvalue weighted by molar-refractivity contribution is -0.219. The van der Waals surface area contributed by atoms with Crippen molar-refractivity contribution >= 4 is 5.97 Å². The summed E-state index contributed by atoms with van der Waals surface area (Å²) in [5, 5.41) is 9.84. The highest BCUT2D eigenvalue weighted by molar-refractivity contribution is 5.76. The smallest absolute Gasteiger partial charge is 0.490 e. The maximum atomic E-state index is 12.9. The van der Waals surface area contributed by atoms with E-state index < -0.39 is 23.2 Å². The number of alkyl halides is 3. The molecule has 0 spiro atoms. The molecule has 1 aromatic carbocycles. The number of aryl methyl sites for hydroxylation is 1. The van der Waals surface area contributed by atoms with Gasteiger partial charge in [0, 0.05) is 11.8 Å². The molecule has 7 heteroatoms. The average Bonchev–Trinajstić information content (AvgIpc) is 2.99. The number of hydrogen-bond acceptors (Lipinski definition) is 4. The largest absolute Gasteiger partial charge is 0.497 e. The SMILES string of the molecule is COc1ccc2c(c1)CC[C@@H]1[C@@H]2CC[C@@]2(C)[C@H]1CCC2(C#N)OC(=O)C(F)(F)F. The van der Waals surface area contributed by atoms with Crippen LogP contribution in [-0.4, -0.2) is 24.9 Å². The third-order valence-corrected chi connectivity index (χ3v) is 7.73. The second-order valence-corrected chi connectivity index (χ2v) is 8.80. The average molecular weight is 407 g/mol. The van der Waals surface area contributed by atoms with Gasteiger partial charge in [-0.25, -0.2) is 4.79 Å². The van der Waals surface area contributed by atoms with Crippen LogP contribution in [0.3, 0.4) is 0 Å². The molecule has 0 saturated heterocycles. The van der Waals surface area contributed by atoms with Gasteiger partial charge in [0.15, 0.2) is 0 Å². The van der Waals surface area contributed by atoms with E-state index in [1.807, 2.05) is 19.1 Å². The molecule has 3 aliphatic rings. The summed E-state index contributed by atoms with van der Waals surface area (Å²) < 4.78 is 48.8. The Morgan fingerprint density at radius 1 is 1.24 bits per heavy atom. The number of nitrogens with zero attached hydrogens (tertiary/aromatic N) is 1. The standard InChI is InChI=1S/C22H24F3NO3/c1-20-9-7-16-15-6-4-14(28-2)11-13(15)3-5-17(16)18(20)8-10-21(20,12-26)29-19(27)22(23,24)25/h4,6,11,16-18H,3,5,7-10H2,1-2H3/t16-,17-,18+,20+,21?/m1/s1. The molecule has 2 saturated carbocycles. The zero-order valence-electron chi connectivity index (χ0n) is 16.5. The molecule has 0 bridgehead atoms. The number of fused-ring (bicyclic) bond motifs is 5. The fourth-order valence-electron chi connectivity index (χ4n) is 6.27. The number of rotatable bonds is 2. The van der Waals surface area contributed by atoms with Gasteiger partial charge in [0.05, 0.1) is 7.11 Å². The lowest BCUT2D eigenvalue weighted by atomic mass is 9.53. The molecule has 0 radical (unpaired) electrons. The van der Waals surface area contributed by atoms with E-state index in [0.29, 0.717) is 18.8 Å². The quantitative estimate of drug-likeness (QED) is 0.653. The van der Waals surface area contributed by atoms with E-state index >= 15 is 0 Å².